The van der Waals surface area contributed by atoms with Crippen LogP contribution in [0, 0.1) is 0 Å². The van der Waals surface area contributed by atoms with Crippen molar-refractivity contribution in [2.75, 3.05) is 11.9 Å². The van der Waals surface area contributed by atoms with Gasteiger partial charge in [0.1, 0.15) is 0 Å². The molecule has 2 rings (SSSR count). The van der Waals surface area contributed by atoms with Crippen molar-refractivity contribution >= 4 is 23.4 Å². The van der Waals surface area contributed by atoms with E-state index in [0.717, 1.165) is 18.0 Å². The van der Waals surface area contributed by atoms with Crippen LogP contribution in [0.25, 0.3) is 6.08 Å². The van der Waals surface area contributed by atoms with Gasteiger partial charge >= 0.3 is 0 Å². The molecule has 0 fully saturated rings. The lowest BCUT2D eigenvalue weighted by Gasteiger charge is -2.20. The number of fused-ring (bicyclic) bond motifs is 1. The second-order valence-corrected chi connectivity index (χ2v) is 4.72. The van der Waals surface area contributed by atoms with Crippen LogP contribution in [0.3, 0.4) is 0 Å². The van der Waals surface area contributed by atoms with Crippen molar-refractivity contribution in [2.24, 2.45) is 0 Å². The number of hydrogen-bond acceptors (Lipinski definition) is 1. The molecule has 1 aromatic carbocycles. The van der Waals surface area contributed by atoms with E-state index in [0.29, 0.717) is 0 Å². The van der Waals surface area contributed by atoms with Gasteiger partial charge in [0.05, 0.1) is 0 Å². The second kappa shape index (κ2) is 4.28. The SMILES string of the molecule is CC(C)=Cc1cc(Cl)cc2c1NCCC2. The van der Waals surface area contributed by atoms with Crippen LogP contribution >= 0.6 is 11.6 Å². The van der Waals surface area contributed by atoms with Crippen LogP contribution in [0.15, 0.2) is 17.7 Å². The van der Waals surface area contributed by atoms with E-state index in [9.17, 15) is 0 Å². The number of halogens is 1. The Morgan fingerprint density at radius 3 is 2.93 bits per heavy atom. The average Bonchev–Trinajstić information content (AvgIpc) is 2.16. The zero-order valence-electron chi connectivity index (χ0n) is 9.23. The summed E-state index contributed by atoms with van der Waals surface area (Å²) in [5.41, 5.74) is 5.14. The van der Waals surface area contributed by atoms with Crippen LogP contribution in [0.2, 0.25) is 5.02 Å². The van der Waals surface area contributed by atoms with Crippen molar-refractivity contribution < 1.29 is 0 Å². The normalized spacial score (nSPS) is 14.1. The molecule has 1 heterocycles. The Kier molecular flexibility index (Phi) is 3.01. The quantitative estimate of drug-likeness (QED) is 0.752. The summed E-state index contributed by atoms with van der Waals surface area (Å²) < 4.78 is 0. The average molecular weight is 222 g/mol. The number of aryl methyl sites for hydroxylation is 1. The van der Waals surface area contributed by atoms with E-state index in [-0.39, 0.29) is 0 Å². The fourth-order valence-corrected chi connectivity index (χ4v) is 2.27. The van der Waals surface area contributed by atoms with Crippen LogP contribution in [0.4, 0.5) is 5.69 Å². The van der Waals surface area contributed by atoms with Crippen LogP contribution in [0.5, 0.6) is 0 Å². The molecule has 1 aliphatic rings. The van der Waals surface area contributed by atoms with Gasteiger partial charge in [-0.25, -0.2) is 0 Å². The van der Waals surface area contributed by atoms with Gasteiger partial charge in [0.15, 0.2) is 0 Å². The van der Waals surface area contributed by atoms with Crippen LogP contribution < -0.4 is 5.32 Å². The first-order valence-electron chi connectivity index (χ1n) is 5.38. The molecule has 0 aromatic heterocycles. The first-order chi connectivity index (χ1) is 7.16. The number of rotatable bonds is 1. The lowest BCUT2D eigenvalue weighted by molar-refractivity contribution is 0.829. The minimum atomic E-state index is 0.838. The van der Waals surface area contributed by atoms with E-state index in [1.54, 1.807) is 0 Å². The zero-order chi connectivity index (χ0) is 10.8. The lowest BCUT2D eigenvalue weighted by Crippen LogP contribution is -2.12. The summed E-state index contributed by atoms with van der Waals surface area (Å²) >= 11 is 6.11. The van der Waals surface area contributed by atoms with Gasteiger partial charge in [0.2, 0.25) is 0 Å². The molecular formula is C13H16ClN. The Morgan fingerprint density at radius 2 is 2.20 bits per heavy atom. The largest absolute Gasteiger partial charge is 0.384 e. The molecule has 0 spiro atoms. The van der Waals surface area contributed by atoms with Gasteiger partial charge in [0.25, 0.3) is 0 Å². The summed E-state index contributed by atoms with van der Waals surface area (Å²) in [4.78, 5) is 0. The number of anilines is 1. The molecule has 1 nitrogen and oxygen atoms in total. The molecule has 0 bridgehead atoms. The highest BCUT2D eigenvalue weighted by molar-refractivity contribution is 6.31. The van der Waals surface area contributed by atoms with Gasteiger partial charge in [-0.1, -0.05) is 23.3 Å². The Balaban J connectivity index is 2.52. The van der Waals surface area contributed by atoms with Crippen molar-refractivity contribution in [3.8, 4) is 0 Å². The highest BCUT2D eigenvalue weighted by Crippen LogP contribution is 2.31. The van der Waals surface area contributed by atoms with Crippen LogP contribution in [-0.2, 0) is 6.42 Å². The Morgan fingerprint density at radius 1 is 1.40 bits per heavy atom. The van der Waals surface area contributed by atoms with Gasteiger partial charge in [-0.3, -0.25) is 0 Å². The molecule has 0 unspecified atom stereocenters. The molecule has 2 heteroatoms. The molecule has 0 radical (unpaired) electrons. The Labute approximate surface area is 96.1 Å². The molecule has 0 saturated carbocycles. The van der Waals surface area contributed by atoms with E-state index in [2.05, 4.69) is 31.3 Å². The maximum absolute atomic E-state index is 6.11. The first-order valence-corrected chi connectivity index (χ1v) is 5.76. The van der Waals surface area contributed by atoms with Crippen LogP contribution in [0.1, 0.15) is 31.4 Å². The Hall–Kier alpha value is -0.950. The molecular weight excluding hydrogens is 206 g/mol. The van der Waals surface area contributed by atoms with Gasteiger partial charge < -0.3 is 5.32 Å². The third-order valence-electron chi connectivity index (χ3n) is 2.58. The van der Waals surface area contributed by atoms with Gasteiger partial charge in [-0.2, -0.15) is 0 Å². The van der Waals surface area contributed by atoms with Crippen molar-refractivity contribution in [3.63, 3.8) is 0 Å². The maximum atomic E-state index is 6.11. The van der Waals surface area contributed by atoms with Gasteiger partial charge in [-0.05, 0) is 49.9 Å². The second-order valence-electron chi connectivity index (χ2n) is 4.28. The molecule has 80 valence electrons. The summed E-state index contributed by atoms with van der Waals surface area (Å²) in [6, 6.07) is 4.11. The fourth-order valence-electron chi connectivity index (χ4n) is 2.02. The fraction of sp³-hybridized carbons (Fsp3) is 0.385. The van der Waals surface area contributed by atoms with Crippen molar-refractivity contribution in [3.05, 3.63) is 33.9 Å². The molecule has 15 heavy (non-hydrogen) atoms. The highest BCUT2D eigenvalue weighted by atomic mass is 35.5. The molecule has 1 N–H and O–H groups in total. The predicted molar refractivity (Wildman–Crippen MR) is 67.6 cm³/mol. The predicted octanol–water partition coefficient (Wildman–Crippen LogP) is 4.12. The summed E-state index contributed by atoms with van der Waals surface area (Å²) in [6.07, 6.45) is 4.51. The number of allylic oxidation sites excluding steroid dienone is 1. The van der Waals surface area contributed by atoms with E-state index in [1.807, 2.05) is 6.07 Å². The van der Waals surface area contributed by atoms with Crippen LogP contribution in [-0.4, -0.2) is 6.54 Å². The van der Waals surface area contributed by atoms with Gasteiger partial charge in [-0.15, -0.1) is 0 Å². The van der Waals surface area contributed by atoms with E-state index >= 15 is 0 Å². The molecule has 1 aliphatic heterocycles. The summed E-state index contributed by atoms with van der Waals surface area (Å²) in [6.45, 7) is 5.28. The molecule has 0 saturated heterocycles. The highest BCUT2D eigenvalue weighted by Gasteiger charge is 2.12. The monoisotopic (exact) mass is 221 g/mol. The standard InChI is InChI=1S/C13H16ClN/c1-9(2)6-11-8-12(14)7-10-4-3-5-15-13(10)11/h6-8,15H,3-5H2,1-2H3. The third kappa shape index (κ3) is 2.35. The summed E-state index contributed by atoms with van der Waals surface area (Å²) in [5, 5.41) is 4.30. The summed E-state index contributed by atoms with van der Waals surface area (Å²) in [5.74, 6) is 0. The summed E-state index contributed by atoms with van der Waals surface area (Å²) in [7, 11) is 0. The van der Waals surface area contributed by atoms with Crippen molar-refractivity contribution in [1.29, 1.82) is 0 Å². The molecule has 0 atom stereocenters. The Bertz CT molecular complexity index is 403. The molecule has 0 amide bonds. The first kappa shape index (κ1) is 10.6. The smallest absolute Gasteiger partial charge is 0.0447 e. The van der Waals surface area contributed by atoms with Crippen molar-refractivity contribution in [2.45, 2.75) is 26.7 Å². The van der Waals surface area contributed by atoms with E-state index in [1.165, 1.54) is 28.8 Å². The zero-order valence-corrected chi connectivity index (χ0v) is 9.99. The lowest BCUT2D eigenvalue weighted by atomic mass is 9.98. The van der Waals surface area contributed by atoms with E-state index in [4.69, 9.17) is 11.6 Å². The molecule has 0 aliphatic carbocycles. The topological polar surface area (TPSA) is 12.0 Å². The molecule has 1 aromatic rings. The number of nitrogens with one attached hydrogen (secondary N) is 1. The van der Waals surface area contributed by atoms with Crippen molar-refractivity contribution in [1.82, 2.24) is 0 Å². The van der Waals surface area contributed by atoms with E-state index < -0.39 is 0 Å². The minimum Gasteiger partial charge on any atom is -0.384 e. The number of benzene rings is 1. The minimum absolute atomic E-state index is 0.838. The third-order valence-corrected chi connectivity index (χ3v) is 2.80. The van der Waals surface area contributed by atoms with Gasteiger partial charge in [0, 0.05) is 17.3 Å². The maximum Gasteiger partial charge on any atom is 0.0447 e. The number of hydrogen-bond donors (Lipinski definition) is 1.